The Kier molecular flexibility index (Phi) is 5.58. The van der Waals surface area contributed by atoms with Crippen molar-refractivity contribution in [3.63, 3.8) is 0 Å². The van der Waals surface area contributed by atoms with E-state index in [1.165, 1.54) is 11.0 Å². The van der Waals surface area contributed by atoms with Crippen LogP contribution in [0, 0.1) is 17.6 Å². The molecule has 0 radical (unpaired) electrons. The Bertz CT molecular complexity index is 1420. The van der Waals surface area contributed by atoms with Crippen molar-refractivity contribution in [1.82, 2.24) is 0 Å². The number of fused-ring (bicyclic) bond motifs is 1. The predicted octanol–water partition coefficient (Wildman–Crippen LogP) is 3.96. The van der Waals surface area contributed by atoms with Gasteiger partial charge in [-0.05, 0) is 47.9 Å². The number of nitrogens with zero attached hydrogens (tertiary/aromatic N) is 2. The number of benzene rings is 3. The van der Waals surface area contributed by atoms with E-state index < -0.39 is 32.5 Å². The zero-order valence-corrected chi connectivity index (χ0v) is 19.4. The monoisotopic (exact) mass is 503 g/mol. The largest absolute Gasteiger partial charge is 0.367 e. The van der Waals surface area contributed by atoms with Crippen molar-refractivity contribution in [2.24, 2.45) is 11.1 Å². The Morgan fingerprint density at radius 1 is 1.00 bits per heavy atom. The van der Waals surface area contributed by atoms with Crippen LogP contribution in [0.5, 0.6) is 0 Å². The van der Waals surface area contributed by atoms with Crippen molar-refractivity contribution < 1.29 is 22.0 Å². The molecule has 0 unspecified atom stereocenters. The molecule has 3 aromatic rings. The smallest absolute Gasteiger partial charge is 0.241 e. The second-order valence-electron chi connectivity index (χ2n) is 8.44. The lowest BCUT2D eigenvalue weighted by molar-refractivity contribution is -0.123. The Balaban J connectivity index is 1.31. The Morgan fingerprint density at radius 3 is 2.41 bits per heavy atom. The van der Waals surface area contributed by atoms with E-state index in [0.29, 0.717) is 53.6 Å². The fourth-order valence-corrected chi connectivity index (χ4v) is 5.36. The number of carbonyl (C=O) groups excluding carboxylic acids is 1. The molecule has 3 aromatic carbocycles. The van der Waals surface area contributed by atoms with Crippen molar-refractivity contribution in [3.8, 4) is 11.1 Å². The van der Waals surface area contributed by atoms with Gasteiger partial charge in [-0.3, -0.25) is 4.79 Å². The average Bonchev–Trinajstić information content (AvgIpc) is 3.15. The summed E-state index contributed by atoms with van der Waals surface area (Å²) >= 11 is 6.21. The molecule has 2 N–H and O–H groups in total. The molecule has 34 heavy (non-hydrogen) atoms. The van der Waals surface area contributed by atoms with Gasteiger partial charge in [0.05, 0.1) is 11.6 Å². The van der Waals surface area contributed by atoms with Crippen LogP contribution in [0.15, 0.2) is 59.5 Å². The number of amides is 1. The highest BCUT2D eigenvalue weighted by atomic mass is 35.5. The quantitative estimate of drug-likeness (QED) is 0.584. The summed E-state index contributed by atoms with van der Waals surface area (Å²) in [5, 5.41) is 5.63. The van der Waals surface area contributed by atoms with Crippen molar-refractivity contribution in [1.29, 1.82) is 0 Å². The van der Waals surface area contributed by atoms with Crippen LogP contribution in [0.3, 0.4) is 0 Å². The van der Waals surface area contributed by atoms with Gasteiger partial charge in [0.15, 0.2) is 0 Å². The number of anilines is 2. The molecule has 5 rings (SSSR count). The standard InChI is InChI=1S/C24H20ClF2N3O3S/c25-18-4-2-1-3-17(18)14-5-6-21(19(26)9-14)29-12-16(13-29)24(31)30-8-7-15-10-20(27)23(11-22(15)30)34(28,32)33/h1-6,9-11,16H,7-8,12-13H2,(H2,28,32,33). The second kappa shape index (κ2) is 8.33. The van der Waals surface area contributed by atoms with Gasteiger partial charge in [0, 0.05) is 35.9 Å². The number of sulfonamides is 1. The summed E-state index contributed by atoms with van der Waals surface area (Å²) in [6.07, 6.45) is 0.414. The molecule has 0 saturated carbocycles. The van der Waals surface area contributed by atoms with E-state index >= 15 is 0 Å². The van der Waals surface area contributed by atoms with Crippen LogP contribution in [-0.4, -0.2) is 34.0 Å². The Morgan fingerprint density at radius 2 is 1.74 bits per heavy atom. The summed E-state index contributed by atoms with van der Waals surface area (Å²) in [5.41, 5.74) is 2.68. The molecule has 1 fully saturated rings. The number of primary sulfonamides is 1. The fraction of sp³-hybridized carbons (Fsp3) is 0.208. The first-order valence-electron chi connectivity index (χ1n) is 10.6. The molecule has 6 nitrogen and oxygen atoms in total. The highest BCUT2D eigenvalue weighted by molar-refractivity contribution is 7.89. The van der Waals surface area contributed by atoms with Gasteiger partial charge >= 0.3 is 0 Å². The SMILES string of the molecule is NS(=O)(=O)c1cc2c(cc1F)CCN2C(=O)C1CN(c2ccc(-c3ccccc3Cl)cc2F)C1. The summed E-state index contributed by atoms with van der Waals surface area (Å²) in [6, 6.07) is 14.3. The number of carbonyl (C=O) groups is 1. The number of hydrogen-bond acceptors (Lipinski definition) is 4. The van der Waals surface area contributed by atoms with E-state index in [1.54, 1.807) is 29.2 Å². The average molecular weight is 504 g/mol. The minimum absolute atomic E-state index is 0.213. The first-order chi connectivity index (χ1) is 16.1. The summed E-state index contributed by atoms with van der Waals surface area (Å²) in [4.78, 5) is 15.7. The van der Waals surface area contributed by atoms with Crippen molar-refractivity contribution in [2.75, 3.05) is 29.4 Å². The molecular weight excluding hydrogens is 484 g/mol. The van der Waals surface area contributed by atoms with Gasteiger partial charge in [0.1, 0.15) is 16.5 Å². The van der Waals surface area contributed by atoms with Gasteiger partial charge in [0.2, 0.25) is 15.9 Å². The van der Waals surface area contributed by atoms with Gasteiger partial charge in [-0.25, -0.2) is 22.3 Å². The highest BCUT2D eigenvalue weighted by Gasteiger charge is 2.39. The Hall–Kier alpha value is -3.01. The lowest BCUT2D eigenvalue weighted by Crippen LogP contribution is -2.54. The number of rotatable bonds is 4. The van der Waals surface area contributed by atoms with Crippen molar-refractivity contribution in [2.45, 2.75) is 11.3 Å². The fourth-order valence-electron chi connectivity index (χ4n) is 4.51. The second-order valence-corrected chi connectivity index (χ2v) is 10.4. The maximum absolute atomic E-state index is 14.9. The van der Waals surface area contributed by atoms with Crippen molar-refractivity contribution in [3.05, 3.63) is 76.8 Å². The number of halogens is 3. The molecule has 2 aliphatic rings. The summed E-state index contributed by atoms with van der Waals surface area (Å²) in [7, 11) is -4.26. The molecule has 0 bridgehead atoms. The molecule has 2 heterocycles. The van der Waals surface area contributed by atoms with Crippen LogP contribution in [-0.2, 0) is 21.2 Å². The molecule has 1 saturated heterocycles. The topological polar surface area (TPSA) is 83.7 Å². The van der Waals surface area contributed by atoms with Gasteiger partial charge in [-0.2, -0.15) is 0 Å². The molecule has 2 aliphatic heterocycles. The molecule has 1 amide bonds. The minimum Gasteiger partial charge on any atom is -0.367 e. The normalized spacial score (nSPS) is 15.9. The maximum Gasteiger partial charge on any atom is 0.241 e. The van der Waals surface area contributed by atoms with Gasteiger partial charge in [-0.15, -0.1) is 0 Å². The molecule has 0 spiro atoms. The molecule has 10 heteroatoms. The summed E-state index contributed by atoms with van der Waals surface area (Å²) in [5.74, 6) is -1.95. The van der Waals surface area contributed by atoms with Crippen LogP contribution in [0.1, 0.15) is 5.56 Å². The maximum atomic E-state index is 14.9. The van der Waals surface area contributed by atoms with Crippen LogP contribution in [0.25, 0.3) is 11.1 Å². The highest BCUT2D eigenvalue weighted by Crippen LogP contribution is 2.37. The summed E-state index contributed by atoms with van der Waals surface area (Å²) < 4.78 is 52.4. The third-order valence-corrected chi connectivity index (χ3v) is 7.56. The lowest BCUT2D eigenvalue weighted by atomic mass is 9.96. The lowest BCUT2D eigenvalue weighted by Gasteiger charge is -2.41. The van der Waals surface area contributed by atoms with Crippen molar-refractivity contribution >= 4 is 38.9 Å². The zero-order valence-electron chi connectivity index (χ0n) is 17.8. The van der Waals surface area contributed by atoms with Gasteiger partial charge < -0.3 is 9.80 Å². The van der Waals surface area contributed by atoms with E-state index in [2.05, 4.69) is 0 Å². The minimum atomic E-state index is -4.26. The molecule has 0 aliphatic carbocycles. The molecular formula is C24H20ClF2N3O3S. The molecule has 176 valence electrons. The van der Waals surface area contributed by atoms with Crippen LogP contribution in [0.2, 0.25) is 5.02 Å². The van der Waals surface area contributed by atoms with E-state index in [-0.39, 0.29) is 5.91 Å². The third-order valence-electron chi connectivity index (χ3n) is 6.31. The zero-order chi connectivity index (χ0) is 24.2. The first kappa shape index (κ1) is 22.8. The number of nitrogens with two attached hydrogens (primary N) is 1. The van der Waals surface area contributed by atoms with Gasteiger partial charge in [-0.1, -0.05) is 35.9 Å². The van der Waals surface area contributed by atoms with E-state index in [4.69, 9.17) is 16.7 Å². The van der Waals surface area contributed by atoms with Crippen LogP contribution < -0.4 is 14.9 Å². The Labute approximate surface area is 200 Å². The van der Waals surface area contributed by atoms with Crippen LogP contribution in [0.4, 0.5) is 20.2 Å². The van der Waals surface area contributed by atoms with E-state index in [1.807, 2.05) is 12.1 Å². The molecule has 0 atom stereocenters. The third kappa shape index (κ3) is 3.93. The van der Waals surface area contributed by atoms with Gasteiger partial charge in [0.25, 0.3) is 0 Å². The predicted molar refractivity (Wildman–Crippen MR) is 126 cm³/mol. The molecule has 0 aromatic heterocycles. The summed E-state index contributed by atoms with van der Waals surface area (Å²) in [6.45, 7) is 0.950. The first-order valence-corrected chi connectivity index (χ1v) is 12.5. The van der Waals surface area contributed by atoms with E-state index in [0.717, 1.165) is 17.7 Å². The van der Waals surface area contributed by atoms with E-state index in [9.17, 15) is 22.0 Å². The number of hydrogen-bond donors (Lipinski definition) is 1. The van der Waals surface area contributed by atoms with Crippen LogP contribution >= 0.6 is 11.6 Å².